The lowest BCUT2D eigenvalue weighted by Gasteiger charge is -2.17. The van der Waals surface area contributed by atoms with E-state index in [0.717, 1.165) is 0 Å². The van der Waals surface area contributed by atoms with Gasteiger partial charge >= 0.3 is 12.1 Å². The number of rotatable bonds is 12. The van der Waals surface area contributed by atoms with Crippen molar-refractivity contribution in [1.29, 1.82) is 0 Å². The zero-order valence-corrected chi connectivity index (χ0v) is 21.4. The van der Waals surface area contributed by atoms with Crippen molar-refractivity contribution in [3.05, 3.63) is 42.2 Å². The number of carbonyl (C=O) groups excluding carboxylic acids is 2. The van der Waals surface area contributed by atoms with Crippen LogP contribution in [0.5, 0.6) is 0 Å². The Kier molecular flexibility index (Phi) is 9.50. The molecule has 3 aromatic rings. The van der Waals surface area contributed by atoms with Gasteiger partial charge in [0.05, 0.1) is 12.7 Å². The molecule has 1 fully saturated rings. The second-order valence-electron chi connectivity index (χ2n) is 9.23. The number of hydrogen-bond donors (Lipinski definition) is 5. The fourth-order valence-electron chi connectivity index (χ4n) is 4.31. The lowest BCUT2D eigenvalue weighted by atomic mass is 10.2. The molecule has 4 rings (SSSR count). The highest BCUT2D eigenvalue weighted by Gasteiger charge is 2.38. The van der Waals surface area contributed by atoms with E-state index < -0.39 is 30.5 Å². The Bertz CT molecular complexity index is 1310. The van der Waals surface area contributed by atoms with Gasteiger partial charge in [0.15, 0.2) is 17.0 Å². The summed E-state index contributed by atoms with van der Waals surface area (Å²) >= 11 is 0. The van der Waals surface area contributed by atoms with E-state index in [1.165, 1.54) is 6.33 Å². The van der Waals surface area contributed by atoms with Crippen LogP contribution < -0.4 is 16.0 Å². The van der Waals surface area contributed by atoms with Gasteiger partial charge in [0.2, 0.25) is 5.95 Å². The standard InChI is InChI=1S/C25H30F3N7O5/c26-25(27,28)23(39)29-10-6-1-2-7-11-30-24-33-19-20(34-22(38)15-8-4-3-5-9-15)31-14-32-21(19)35(24)18-12-16(37)17(13-36)40-18/h3-5,8-9,14,16-18,36-37H,1-2,6-7,10-13H2,(H,29,39)(H,30,33)(H,31,32,34,38)/t16-,17+,18+/m0/s1. The lowest BCUT2D eigenvalue weighted by Crippen LogP contribution is -2.37. The van der Waals surface area contributed by atoms with Gasteiger partial charge in [0.1, 0.15) is 18.7 Å². The predicted octanol–water partition coefficient (Wildman–Crippen LogP) is 2.37. The molecule has 2 aromatic heterocycles. The Hall–Kier alpha value is -3.82. The third-order valence-electron chi connectivity index (χ3n) is 6.35. The highest BCUT2D eigenvalue weighted by Crippen LogP contribution is 2.35. The first-order chi connectivity index (χ1) is 19.2. The maximum absolute atomic E-state index is 12.7. The number of unbranched alkanes of at least 4 members (excludes halogenated alkanes) is 3. The summed E-state index contributed by atoms with van der Waals surface area (Å²) in [6, 6.07) is 8.58. The summed E-state index contributed by atoms with van der Waals surface area (Å²) in [6.45, 7) is 0.00497. The second-order valence-corrected chi connectivity index (χ2v) is 9.23. The largest absolute Gasteiger partial charge is 0.471 e. The van der Waals surface area contributed by atoms with Crippen LogP contribution in [-0.4, -0.2) is 79.6 Å². The molecule has 1 aliphatic heterocycles. The van der Waals surface area contributed by atoms with E-state index >= 15 is 0 Å². The molecule has 1 aliphatic rings. The minimum Gasteiger partial charge on any atom is -0.394 e. The molecule has 0 radical (unpaired) electrons. The van der Waals surface area contributed by atoms with Crippen molar-refractivity contribution < 1.29 is 37.7 Å². The van der Waals surface area contributed by atoms with E-state index in [4.69, 9.17) is 4.74 Å². The highest BCUT2D eigenvalue weighted by molar-refractivity contribution is 6.06. The number of benzene rings is 1. The minimum absolute atomic E-state index is 0.0644. The molecule has 0 bridgehead atoms. The fraction of sp³-hybridized carbons (Fsp3) is 0.480. The van der Waals surface area contributed by atoms with E-state index in [2.05, 4.69) is 25.6 Å². The number of aliphatic hydroxyl groups excluding tert-OH is 2. The lowest BCUT2D eigenvalue weighted by molar-refractivity contribution is -0.173. The number of fused-ring (bicyclic) bond motifs is 1. The van der Waals surface area contributed by atoms with Gasteiger partial charge < -0.3 is 30.9 Å². The van der Waals surface area contributed by atoms with E-state index in [-0.39, 0.29) is 31.3 Å². The van der Waals surface area contributed by atoms with Crippen molar-refractivity contribution in [1.82, 2.24) is 24.8 Å². The van der Waals surface area contributed by atoms with Crippen molar-refractivity contribution in [3.63, 3.8) is 0 Å². The number of halogens is 3. The summed E-state index contributed by atoms with van der Waals surface area (Å²) in [5.74, 6) is -1.81. The van der Waals surface area contributed by atoms with Gasteiger partial charge in [-0.1, -0.05) is 31.0 Å². The van der Waals surface area contributed by atoms with Gasteiger partial charge in [-0.3, -0.25) is 14.2 Å². The van der Waals surface area contributed by atoms with Crippen LogP contribution in [0.1, 0.15) is 48.7 Å². The molecule has 0 spiro atoms. The number of anilines is 2. The number of imidazole rings is 1. The van der Waals surface area contributed by atoms with Gasteiger partial charge in [0.25, 0.3) is 5.91 Å². The first kappa shape index (κ1) is 29.2. The monoisotopic (exact) mass is 565 g/mol. The number of aromatic nitrogens is 4. The van der Waals surface area contributed by atoms with Crippen molar-refractivity contribution in [2.75, 3.05) is 30.3 Å². The van der Waals surface area contributed by atoms with Crippen LogP contribution in [-0.2, 0) is 9.53 Å². The average molecular weight is 566 g/mol. The van der Waals surface area contributed by atoms with Crippen LogP contribution in [0.4, 0.5) is 24.9 Å². The number of carbonyl (C=O) groups is 2. The number of nitrogens with zero attached hydrogens (tertiary/aromatic N) is 4. The topological polar surface area (TPSA) is 164 Å². The molecular formula is C25H30F3N7O5. The van der Waals surface area contributed by atoms with Gasteiger partial charge in [-0.25, -0.2) is 15.0 Å². The Morgan fingerprint density at radius 3 is 2.48 bits per heavy atom. The molecule has 1 saturated heterocycles. The maximum atomic E-state index is 12.7. The molecule has 12 nitrogen and oxygen atoms in total. The van der Waals surface area contributed by atoms with Crippen molar-refractivity contribution in [3.8, 4) is 0 Å². The van der Waals surface area contributed by atoms with Crippen LogP contribution in [0, 0.1) is 0 Å². The van der Waals surface area contributed by atoms with E-state index in [9.17, 15) is 33.0 Å². The van der Waals surface area contributed by atoms with Gasteiger partial charge in [-0.15, -0.1) is 0 Å². The Morgan fingerprint density at radius 2 is 1.80 bits per heavy atom. The fourth-order valence-corrected chi connectivity index (χ4v) is 4.31. The van der Waals surface area contributed by atoms with Gasteiger partial charge in [-0.2, -0.15) is 13.2 Å². The second kappa shape index (κ2) is 13.0. The predicted molar refractivity (Wildman–Crippen MR) is 137 cm³/mol. The quantitative estimate of drug-likeness (QED) is 0.208. The van der Waals surface area contributed by atoms with E-state index in [1.54, 1.807) is 34.9 Å². The molecule has 2 amide bonds. The first-order valence-electron chi connectivity index (χ1n) is 12.8. The Balaban J connectivity index is 1.44. The number of aliphatic hydroxyl groups is 2. The molecule has 0 saturated carbocycles. The molecule has 216 valence electrons. The number of hydrogen-bond acceptors (Lipinski definition) is 9. The molecular weight excluding hydrogens is 535 g/mol. The molecule has 3 heterocycles. The number of amides is 2. The Morgan fingerprint density at radius 1 is 1.07 bits per heavy atom. The maximum Gasteiger partial charge on any atom is 0.471 e. The van der Waals surface area contributed by atoms with Crippen LogP contribution >= 0.6 is 0 Å². The zero-order chi connectivity index (χ0) is 28.7. The van der Waals surface area contributed by atoms with Crippen molar-refractivity contribution in [2.24, 2.45) is 0 Å². The number of nitrogens with one attached hydrogen (secondary N) is 3. The van der Waals surface area contributed by atoms with Crippen molar-refractivity contribution >= 4 is 34.7 Å². The number of ether oxygens (including phenoxy) is 1. The van der Waals surface area contributed by atoms with Crippen molar-refractivity contribution in [2.45, 2.75) is 56.7 Å². The summed E-state index contributed by atoms with van der Waals surface area (Å²) < 4.78 is 44.2. The van der Waals surface area contributed by atoms with E-state index in [0.29, 0.717) is 54.9 Å². The Labute approximate surface area is 227 Å². The summed E-state index contributed by atoms with van der Waals surface area (Å²) in [6.07, 6.45) is -3.51. The van der Waals surface area contributed by atoms with Crippen LogP contribution in [0.25, 0.3) is 11.2 Å². The molecule has 40 heavy (non-hydrogen) atoms. The number of alkyl halides is 3. The summed E-state index contributed by atoms with van der Waals surface area (Å²) in [4.78, 5) is 36.7. The zero-order valence-electron chi connectivity index (χ0n) is 21.4. The third kappa shape index (κ3) is 7.03. The van der Waals surface area contributed by atoms with Gasteiger partial charge in [0, 0.05) is 25.1 Å². The first-order valence-corrected chi connectivity index (χ1v) is 12.8. The molecule has 15 heteroatoms. The molecule has 1 aromatic carbocycles. The normalized spacial score (nSPS) is 19.1. The molecule has 0 unspecified atom stereocenters. The average Bonchev–Trinajstić information content (AvgIpc) is 3.49. The van der Waals surface area contributed by atoms with Crippen LogP contribution in [0.3, 0.4) is 0 Å². The van der Waals surface area contributed by atoms with Crippen LogP contribution in [0.15, 0.2) is 36.7 Å². The van der Waals surface area contributed by atoms with Crippen LogP contribution in [0.2, 0.25) is 0 Å². The molecule has 3 atom stereocenters. The minimum atomic E-state index is -4.89. The SMILES string of the molecule is O=C(Nc1ncnc2c1nc(NCCCCCCNC(=O)C(F)(F)F)n2[C@H]1C[C@H](O)[C@@H](CO)O1)c1ccccc1. The third-order valence-corrected chi connectivity index (χ3v) is 6.35. The molecule has 5 N–H and O–H groups in total. The van der Waals surface area contributed by atoms with E-state index in [1.807, 2.05) is 5.32 Å². The summed E-state index contributed by atoms with van der Waals surface area (Å²) in [7, 11) is 0. The summed E-state index contributed by atoms with van der Waals surface area (Å²) in [5.41, 5.74) is 1.07. The highest BCUT2D eigenvalue weighted by atomic mass is 19.4. The molecule has 0 aliphatic carbocycles. The summed E-state index contributed by atoms with van der Waals surface area (Å²) in [5, 5.41) is 27.6. The van der Waals surface area contributed by atoms with Gasteiger partial charge in [-0.05, 0) is 25.0 Å². The smallest absolute Gasteiger partial charge is 0.394 e.